The van der Waals surface area contributed by atoms with Gasteiger partial charge in [-0.2, -0.15) is 0 Å². The van der Waals surface area contributed by atoms with E-state index in [0.717, 1.165) is 5.69 Å². The van der Waals surface area contributed by atoms with Crippen molar-refractivity contribution < 1.29 is 14.3 Å². The molecule has 2 amide bonds. The summed E-state index contributed by atoms with van der Waals surface area (Å²) in [7, 11) is 0. The van der Waals surface area contributed by atoms with Crippen molar-refractivity contribution in [1.29, 1.82) is 0 Å². The number of nitrogens with one attached hydrogen (secondary N) is 1. The lowest BCUT2D eigenvalue weighted by Gasteiger charge is -2.34. The molecule has 7 nitrogen and oxygen atoms in total. The molecule has 1 saturated heterocycles. The van der Waals surface area contributed by atoms with E-state index in [9.17, 15) is 14.4 Å². The molecule has 2 heterocycles. The second kappa shape index (κ2) is 7.11. The molecule has 0 saturated carbocycles. The van der Waals surface area contributed by atoms with Crippen LogP contribution < -0.4 is 5.56 Å². The smallest absolute Gasteiger partial charge is 0.409 e. The van der Waals surface area contributed by atoms with Crippen LogP contribution in [0.25, 0.3) is 0 Å². The zero-order chi connectivity index (χ0) is 16.1. The molecule has 1 aliphatic heterocycles. The van der Waals surface area contributed by atoms with E-state index in [-0.39, 0.29) is 17.6 Å². The molecule has 0 unspecified atom stereocenters. The van der Waals surface area contributed by atoms with Crippen LogP contribution in [0, 0.1) is 0 Å². The van der Waals surface area contributed by atoms with Crippen LogP contribution >= 0.6 is 0 Å². The molecule has 1 aliphatic rings. The zero-order valence-electron chi connectivity index (χ0n) is 12.9. The van der Waals surface area contributed by atoms with Crippen molar-refractivity contribution in [3.8, 4) is 0 Å². The summed E-state index contributed by atoms with van der Waals surface area (Å²) in [5, 5.41) is 0. The van der Waals surface area contributed by atoms with E-state index in [1.54, 1.807) is 22.8 Å². The molecule has 0 aliphatic carbocycles. The Labute approximate surface area is 128 Å². The normalized spacial score (nSPS) is 14.8. The molecule has 0 atom stereocenters. The number of H-pyrrole nitrogens is 1. The molecule has 7 heteroatoms. The summed E-state index contributed by atoms with van der Waals surface area (Å²) in [6.45, 7) is 5.76. The van der Waals surface area contributed by atoms with Gasteiger partial charge in [-0.1, -0.05) is 6.92 Å². The summed E-state index contributed by atoms with van der Waals surface area (Å²) in [6, 6.07) is 3.03. The fourth-order valence-electron chi connectivity index (χ4n) is 2.40. The van der Waals surface area contributed by atoms with Crippen molar-refractivity contribution in [3.05, 3.63) is 33.7 Å². The number of piperazine rings is 1. The number of hydrogen-bond donors (Lipinski definition) is 1. The highest BCUT2D eigenvalue weighted by Gasteiger charge is 2.25. The van der Waals surface area contributed by atoms with E-state index >= 15 is 0 Å². The van der Waals surface area contributed by atoms with E-state index in [1.165, 1.54) is 6.07 Å². The quantitative estimate of drug-likeness (QED) is 0.897. The van der Waals surface area contributed by atoms with Crippen LogP contribution in [0.4, 0.5) is 4.79 Å². The summed E-state index contributed by atoms with van der Waals surface area (Å²) in [5.41, 5.74) is 0.860. The van der Waals surface area contributed by atoms with Crippen molar-refractivity contribution >= 4 is 12.0 Å². The van der Waals surface area contributed by atoms with Crippen LogP contribution in [0.5, 0.6) is 0 Å². The number of rotatable bonds is 3. The number of nitrogens with zero attached hydrogens (tertiary/aromatic N) is 2. The largest absolute Gasteiger partial charge is 0.450 e. The van der Waals surface area contributed by atoms with Gasteiger partial charge in [0.2, 0.25) is 5.56 Å². The molecule has 120 valence electrons. The predicted octanol–water partition coefficient (Wildman–Crippen LogP) is 0.852. The Kier molecular flexibility index (Phi) is 5.19. The number of aryl methyl sites for hydroxylation is 1. The van der Waals surface area contributed by atoms with Gasteiger partial charge >= 0.3 is 6.09 Å². The third kappa shape index (κ3) is 3.66. The molecule has 1 aromatic heterocycles. The Balaban J connectivity index is 2.02. The molecular formula is C15H21N3O4. The van der Waals surface area contributed by atoms with Crippen molar-refractivity contribution in [3.63, 3.8) is 0 Å². The van der Waals surface area contributed by atoms with Gasteiger partial charge in [-0.3, -0.25) is 9.59 Å². The topological polar surface area (TPSA) is 82.7 Å². The van der Waals surface area contributed by atoms with Gasteiger partial charge in [0.05, 0.1) is 6.61 Å². The first kappa shape index (κ1) is 16.1. The maximum atomic E-state index is 12.5. The molecule has 2 rings (SSSR count). The highest BCUT2D eigenvalue weighted by atomic mass is 16.6. The van der Waals surface area contributed by atoms with Crippen molar-refractivity contribution in [2.24, 2.45) is 0 Å². The SMILES string of the molecule is CCOC(=O)N1CCN(C(=O)c2cc(CC)[nH]c(=O)c2)CC1. The standard InChI is InChI=1S/C15H21N3O4/c1-3-12-9-11(10-13(19)16-12)14(20)17-5-7-18(8-6-17)15(21)22-4-2/h9-10H,3-8H2,1-2H3,(H,16,19). The summed E-state index contributed by atoms with van der Waals surface area (Å²) in [5.74, 6) is -0.177. The van der Waals surface area contributed by atoms with Crippen LogP contribution in [-0.2, 0) is 11.2 Å². The van der Waals surface area contributed by atoms with E-state index < -0.39 is 0 Å². The van der Waals surface area contributed by atoms with Crippen LogP contribution in [0.15, 0.2) is 16.9 Å². The number of ether oxygens (including phenoxy) is 1. The average Bonchev–Trinajstić information content (AvgIpc) is 2.54. The van der Waals surface area contributed by atoms with E-state index in [0.29, 0.717) is 44.8 Å². The highest BCUT2D eigenvalue weighted by molar-refractivity contribution is 5.94. The predicted molar refractivity (Wildman–Crippen MR) is 80.9 cm³/mol. The first-order valence-electron chi connectivity index (χ1n) is 7.49. The maximum absolute atomic E-state index is 12.5. The van der Waals surface area contributed by atoms with Crippen LogP contribution in [-0.4, -0.2) is 59.6 Å². The first-order chi connectivity index (χ1) is 10.5. The lowest BCUT2D eigenvalue weighted by Crippen LogP contribution is -2.50. The Morgan fingerprint density at radius 1 is 1.14 bits per heavy atom. The molecule has 0 bridgehead atoms. The van der Waals surface area contributed by atoms with Gasteiger partial charge in [0.15, 0.2) is 0 Å². The fraction of sp³-hybridized carbons (Fsp3) is 0.533. The number of aromatic amines is 1. The second-order valence-corrected chi connectivity index (χ2v) is 5.09. The minimum Gasteiger partial charge on any atom is -0.450 e. The van der Waals surface area contributed by atoms with Gasteiger partial charge in [-0.25, -0.2) is 4.79 Å². The lowest BCUT2D eigenvalue weighted by atomic mass is 10.1. The van der Waals surface area contributed by atoms with Gasteiger partial charge in [0, 0.05) is 43.5 Å². The van der Waals surface area contributed by atoms with Crippen LogP contribution in [0.1, 0.15) is 29.9 Å². The monoisotopic (exact) mass is 307 g/mol. The molecule has 0 spiro atoms. The van der Waals surface area contributed by atoms with Crippen LogP contribution in [0.2, 0.25) is 0 Å². The molecular weight excluding hydrogens is 286 g/mol. The third-order valence-corrected chi connectivity index (χ3v) is 3.62. The van der Waals surface area contributed by atoms with Crippen molar-refractivity contribution in [1.82, 2.24) is 14.8 Å². The number of amides is 2. The van der Waals surface area contributed by atoms with Crippen molar-refractivity contribution in [2.45, 2.75) is 20.3 Å². The van der Waals surface area contributed by atoms with Gasteiger partial charge < -0.3 is 19.5 Å². The summed E-state index contributed by atoms with van der Waals surface area (Å²) >= 11 is 0. The molecule has 1 aromatic rings. The minimum atomic E-state index is -0.348. The highest BCUT2D eigenvalue weighted by Crippen LogP contribution is 2.09. The zero-order valence-corrected chi connectivity index (χ0v) is 12.9. The Bertz CT molecular complexity index is 603. The van der Waals surface area contributed by atoms with Crippen LogP contribution in [0.3, 0.4) is 0 Å². The number of pyridine rings is 1. The molecule has 22 heavy (non-hydrogen) atoms. The van der Waals surface area contributed by atoms with Gasteiger partial charge in [0.25, 0.3) is 5.91 Å². The van der Waals surface area contributed by atoms with Gasteiger partial charge in [0.1, 0.15) is 0 Å². The van der Waals surface area contributed by atoms with E-state index in [2.05, 4.69) is 4.98 Å². The summed E-state index contributed by atoms with van der Waals surface area (Å²) < 4.78 is 4.95. The number of aromatic nitrogens is 1. The maximum Gasteiger partial charge on any atom is 0.409 e. The van der Waals surface area contributed by atoms with E-state index in [1.807, 2.05) is 6.92 Å². The summed E-state index contributed by atoms with van der Waals surface area (Å²) in [6.07, 6.45) is 0.312. The number of carbonyl (C=O) groups excluding carboxylic acids is 2. The molecule has 1 N–H and O–H groups in total. The number of hydrogen-bond acceptors (Lipinski definition) is 4. The van der Waals surface area contributed by atoms with E-state index in [4.69, 9.17) is 4.74 Å². The minimum absolute atomic E-state index is 0.177. The third-order valence-electron chi connectivity index (χ3n) is 3.62. The second-order valence-electron chi connectivity index (χ2n) is 5.09. The molecule has 0 radical (unpaired) electrons. The molecule has 0 aromatic carbocycles. The summed E-state index contributed by atoms with van der Waals surface area (Å²) in [4.78, 5) is 41.6. The van der Waals surface area contributed by atoms with Gasteiger partial charge in [-0.05, 0) is 19.4 Å². The average molecular weight is 307 g/mol. The lowest BCUT2D eigenvalue weighted by molar-refractivity contribution is 0.0570. The Morgan fingerprint density at radius 2 is 1.77 bits per heavy atom. The Morgan fingerprint density at radius 3 is 2.36 bits per heavy atom. The fourth-order valence-corrected chi connectivity index (χ4v) is 2.40. The van der Waals surface area contributed by atoms with Gasteiger partial charge in [-0.15, -0.1) is 0 Å². The van der Waals surface area contributed by atoms with Crippen molar-refractivity contribution in [2.75, 3.05) is 32.8 Å². The number of carbonyl (C=O) groups is 2. The first-order valence-corrected chi connectivity index (χ1v) is 7.49. The molecule has 1 fully saturated rings. The Hall–Kier alpha value is -2.31.